The molecule has 0 spiro atoms. The number of nitrogens with zero attached hydrogens (tertiary/aromatic N) is 1. The quantitative estimate of drug-likeness (QED) is 0.588. The Labute approximate surface area is 169 Å². The van der Waals surface area contributed by atoms with E-state index in [2.05, 4.69) is 15.6 Å². The lowest BCUT2D eigenvalue weighted by atomic mass is 10.1. The molecule has 0 unspecified atom stereocenters. The average Bonchev–Trinajstić information content (AvgIpc) is 2.71. The molecule has 0 bridgehead atoms. The molecular formula is C23H23N3O3. The van der Waals surface area contributed by atoms with Crippen LogP contribution in [0.15, 0.2) is 60.8 Å². The van der Waals surface area contributed by atoms with Crippen LogP contribution >= 0.6 is 0 Å². The van der Waals surface area contributed by atoms with E-state index in [1.807, 2.05) is 38.1 Å². The molecule has 1 amide bonds. The number of para-hydroxylation sites is 1. The van der Waals surface area contributed by atoms with Crippen molar-refractivity contribution in [2.75, 3.05) is 17.2 Å². The molecule has 6 nitrogen and oxygen atoms in total. The predicted molar refractivity (Wildman–Crippen MR) is 114 cm³/mol. The molecule has 148 valence electrons. The first-order valence-electron chi connectivity index (χ1n) is 9.35. The van der Waals surface area contributed by atoms with Gasteiger partial charge in [-0.05, 0) is 68.3 Å². The summed E-state index contributed by atoms with van der Waals surface area (Å²) in [6.45, 7) is 6.07. The summed E-state index contributed by atoms with van der Waals surface area (Å²) in [6.07, 6.45) is 1.55. The molecule has 0 saturated carbocycles. The van der Waals surface area contributed by atoms with Crippen LogP contribution in [-0.4, -0.2) is 23.5 Å². The summed E-state index contributed by atoms with van der Waals surface area (Å²) in [5, 5.41) is 6.03. The van der Waals surface area contributed by atoms with E-state index < -0.39 is 5.97 Å². The van der Waals surface area contributed by atoms with Gasteiger partial charge in [0, 0.05) is 17.6 Å². The number of aryl methyl sites for hydroxylation is 2. The third kappa shape index (κ3) is 4.99. The van der Waals surface area contributed by atoms with Crippen LogP contribution in [0.4, 0.5) is 17.1 Å². The highest BCUT2D eigenvalue weighted by atomic mass is 16.5. The number of ether oxygens (including phenoxy) is 1. The first-order chi connectivity index (χ1) is 14.0. The normalized spacial score (nSPS) is 10.3. The number of hydrogen-bond acceptors (Lipinski definition) is 5. The fourth-order valence-electron chi connectivity index (χ4n) is 2.78. The van der Waals surface area contributed by atoms with E-state index in [0.29, 0.717) is 29.2 Å². The number of benzene rings is 2. The Hall–Kier alpha value is -3.67. The van der Waals surface area contributed by atoms with Crippen LogP contribution in [0.2, 0.25) is 0 Å². The smallest absolute Gasteiger partial charge is 0.340 e. The third-order valence-corrected chi connectivity index (χ3v) is 4.46. The van der Waals surface area contributed by atoms with Gasteiger partial charge >= 0.3 is 5.97 Å². The van der Waals surface area contributed by atoms with E-state index in [1.165, 1.54) is 0 Å². The maximum atomic E-state index is 12.6. The molecule has 1 aromatic heterocycles. The minimum atomic E-state index is -0.405. The van der Waals surface area contributed by atoms with Gasteiger partial charge in [0.25, 0.3) is 5.91 Å². The first-order valence-corrected chi connectivity index (χ1v) is 9.35. The molecule has 3 aromatic rings. The summed E-state index contributed by atoms with van der Waals surface area (Å²) in [4.78, 5) is 28.9. The zero-order valence-corrected chi connectivity index (χ0v) is 16.7. The molecule has 2 N–H and O–H groups in total. The molecule has 2 aromatic carbocycles. The van der Waals surface area contributed by atoms with Crippen molar-refractivity contribution in [1.82, 2.24) is 4.98 Å². The van der Waals surface area contributed by atoms with Crippen LogP contribution in [0.1, 0.15) is 38.9 Å². The van der Waals surface area contributed by atoms with Crippen LogP contribution in [0.25, 0.3) is 0 Å². The number of esters is 1. The van der Waals surface area contributed by atoms with Gasteiger partial charge in [0.2, 0.25) is 0 Å². The van der Waals surface area contributed by atoms with E-state index in [9.17, 15) is 9.59 Å². The number of rotatable bonds is 6. The van der Waals surface area contributed by atoms with Crippen molar-refractivity contribution in [3.8, 4) is 0 Å². The summed E-state index contributed by atoms with van der Waals surface area (Å²) < 4.78 is 5.10. The zero-order valence-electron chi connectivity index (χ0n) is 16.7. The van der Waals surface area contributed by atoms with Gasteiger partial charge in [-0.15, -0.1) is 0 Å². The van der Waals surface area contributed by atoms with Gasteiger partial charge in [0.05, 0.1) is 17.9 Å². The summed E-state index contributed by atoms with van der Waals surface area (Å²) in [5.41, 5.74) is 4.90. The van der Waals surface area contributed by atoms with Crippen molar-refractivity contribution < 1.29 is 14.3 Å². The fourth-order valence-corrected chi connectivity index (χ4v) is 2.78. The van der Waals surface area contributed by atoms with Crippen molar-refractivity contribution in [3.05, 3.63) is 83.2 Å². The van der Waals surface area contributed by atoms with Crippen molar-refractivity contribution in [2.24, 2.45) is 0 Å². The number of anilines is 3. The van der Waals surface area contributed by atoms with E-state index in [4.69, 9.17) is 4.74 Å². The van der Waals surface area contributed by atoms with E-state index >= 15 is 0 Å². The van der Waals surface area contributed by atoms with Crippen LogP contribution in [-0.2, 0) is 4.74 Å². The van der Waals surface area contributed by atoms with Crippen molar-refractivity contribution >= 4 is 28.9 Å². The standard InChI is InChI=1S/C23H23N3O3/c1-4-29-23(28)19-7-5-6-8-20(19)25-18-11-12-24-21(14-18)22(27)26-17-10-9-15(2)16(3)13-17/h5-14H,4H2,1-3H3,(H,24,25)(H,26,27). The van der Waals surface area contributed by atoms with Gasteiger partial charge < -0.3 is 15.4 Å². The molecular weight excluding hydrogens is 366 g/mol. The zero-order chi connectivity index (χ0) is 20.8. The fraction of sp³-hybridized carbons (Fsp3) is 0.174. The van der Waals surface area contributed by atoms with Gasteiger partial charge in [-0.3, -0.25) is 9.78 Å². The molecule has 0 radical (unpaired) electrons. The largest absolute Gasteiger partial charge is 0.462 e. The number of hydrogen-bond donors (Lipinski definition) is 2. The SMILES string of the molecule is CCOC(=O)c1ccccc1Nc1ccnc(C(=O)Nc2ccc(C)c(C)c2)c1. The Morgan fingerprint density at radius 1 is 0.966 bits per heavy atom. The van der Waals surface area contributed by atoms with Gasteiger partial charge in [0.1, 0.15) is 5.69 Å². The summed E-state index contributed by atoms with van der Waals surface area (Å²) in [6, 6.07) is 16.2. The lowest BCUT2D eigenvalue weighted by molar-refractivity contribution is 0.0527. The molecule has 0 aliphatic rings. The Morgan fingerprint density at radius 2 is 1.76 bits per heavy atom. The highest BCUT2D eigenvalue weighted by Gasteiger charge is 2.13. The molecule has 0 atom stereocenters. The maximum absolute atomic E-state index is 12.6. The molecule has 29 heavy (non-hydrogen) atoms. The number of carbonyl (C=O) groups excluding carboxylic acids is 2. The highest BCUT2D eigenvalue weighted by molar-refractivity contribution is 6.03. The van der Waals surface area contributed by atoms with Crippen molar-refractivity contribution in [2.45, 2.75) is 20.8 Å². The van der Waals surface area contributed by atoms with E-state index in [0.717, 1.165) is 11.1 Å². The summed E-state index contributed by atoms with van der Waals surface area (Å²) in [5.74, 6) is -0.715. The van der Waals surface area contributed by atoms with Gasteiger partial charge in [-0.1, -0.05) is 18.2 Å². The van der Waals surface area contributed by atoms with E-state index in [1.54, 1.807) is 43.5 Å². The van der Waals surface area contributed by atoms with Gasteiger partial charge in [-0.2, -0.15) is 0 Å². The molecule has 1 heterocycles. The van der Waals surface area contributed by atoms with Crippen LogP contribution in [0, 0.1) is 13.8 Å². The molecule has 6 heteroatoms. The summed E-state index contributed by atoms with van der Waals surface area (Å²) >= 11 is 0. The molecule has 0 aliphatic carbocycles. The molecule has 3 rings (SSSR count). The van der Waals surface area contributed by atoms with Crippen molar-refractivity contribution in [1.29, 1.82) is 0 Å². The number of amides is 1. The summed E-state index contributed by atoms with van der Waals surface area (Å²) in [7, 11) is 0. The first kappa shape index (κ1) is 20.1. The molecule has 0 fully saturated rings. The second kappa shape index (κ2) is 9.01. The lowest BCUT2D eigenvalue weighted by Gasteiger charge is -2.12. The minimum Gasteiger partial charge on any atom is -0.462 e. The number of carbonyl (C=O) groups is 2. The Kier molecular flexibility index (Phi) is 6.24. The number of aromatic nitrogens is 1. The lowest BCUT2D eigenvalue weighted by Crippen LogP contribution is -2.14. The highest BCUT2D eigenvalue weighted by Crippen LogP contribution is 2.22. The van der Waals surface area contributed by atoms with E-state index in [-0.39, 0.29) is 11.6 Å². The van der Waals surface area contributed by atoms with Crippen LogP contribution in [0.5, 0.6) is 0 Å². The minimum absolute atomic E-state index is 0.266. The Bertz CT molecular complexity index is 1050. The monoisotopic (exact) mass is 389 g/mol. The Balaban J connectivity index is 1.79. The number of pyridine rings is 1. The third-order valence-electron chi connectivity index (χ3n) is 4.46. The van der Waals surface area contributed by atoms with Crippen LogP contribution < -0.4 is 10.6 Å². The van der Waals surface area contributed by atoms with Gasteiger partial charge in [-0.25, -0.2) is 4.79 Å². The van der Waals surface area contributed by atoms with Gasteiger partial charge in [0.15, 0.2) is 0 Å². The predicted octanol–water partition coefficient (Wildman–Crippen LogP) is 4.87. The molecule has 0 saturated heterocycles. The molecule has 0 aliphatic heterocycles. The average molecular weight is 389 g/mol. The maximum Gasteiger partial charge on any atom is 0.340 e. The topological polar surface area (TPSA) is 80.3 Å². The Morgan fingerprint density at radius 3 is 2.52 bits per heavy atom. The van der Waals surface area contributed by atoms with Crippen molar-refractivity contribution in [3.63, 3.8) is 0 Å². The second-order valence-corrected chi connectivity index (χ2v) is 6.57. The second-order valence-electron chi connectivity index (χ2n) is 6.57. The van der Waals surface area contributed by atoms with Crippen LogP contribution in [0.3, 0.4) is 0 Å². The number of nitrogens with one attached hydrogen (secondary N) is 2.